The number of hydrogen-bond acceptors (Lipinski definition) is 5. The number of amides is 2. The second kappa shape index (κ2) is 7.19. The summed E-state index contributed by atoms with van der Waals surface area (Å²) in [5.41, 5.74) is 0.522. The Morgan fingerprint density at radius 3 is 2.48 bits per heavy atom. The number of aliphatic hydroxyl groups excluding tert-OH is 1. The fraction of sp³-hybridized carbons (Fsp3) is 0.421. The van der Waals surface area contributed by atoms with Crippen molar-refractivity contribution in [1.82, 2.24) is 4.90 Å². The van der Waals surface area contributed by atoms with Crippen LogP contribution in [0.15, 0.2) is 36.4 Å². The van der Waals surface area contributed by atoms with Gasteiger partial charge in [-0.3, -0.25) is 19.3 Å². The molecule has 3 atom stereocenters. The third kappa shape index (κ3) is 3.64. The van der Waals surface area contributed by atoms with Crippen molar-refractivity contribution in [1.29, 1.82) is 0 Å². The Morgan fingerprint density at radius 1 is 1.24 bits per heavy atom. The van der Waals surface area contributed by atoms with Crippen LogP contribution in [0.5, 0.6) is 5.75 Å². The lowest BCUT2D eigenvalue weighted by Gasteiger charge is -2.19. The van der Waals surface area contributed by atoms with Crippen LogP contribution < -0.4 is 4.74 Å². The fourth-order valence-electron chi connectivity index (χ4n) is 3.31. The molecule has 1 saturated heterocycles. The highest BCUT2D eigenvalue weighted by atomic mass is 16.5. The van der Waals surface area contributed by atoms with Crippen LogP contribution in [0.25, 0.3) is 0 Å². The van der Waals surface area contributed by atoms with Crippen LogP contribution in [0.4, 0.5) is 0 Å². The third-order valence-electron chi connectivity index (χ3n) is 4.68. The molecule has 132 valence electrons. The van der Waals surface area contributed by atoms with Gasteiger partial charge in [0.2, 0.25) is 11.8 Å². The van der Waals surface area contributed by atoms with Gasteiger partial charge >= 0.3 is 0 Å². The van der Waals surface area contributed by atoms with Crippen LogP contribution >= 0.6 is 0 Å². The first-order chi connectivity index (χ1) is 12.0. The number of ketones is 1. The number of carbonyl (C=O) groups excluding carboxylic acids is 3. The van der Waals surface area contributed by atoms with Crippen molar-refractivity contribution in [2.24, 2.45) is 11.8 Å². The largest absolute Gasteiger partial charge is 0.491 e. The minimum atomic E-state index is -0.984. The van der Waals surface area contributed by atoms with E-state index in [1.165, 1.54) is 6.92 Å². The molecule has 0 unspecified atom stereocenters. The van der Waals surface area contributed by atoms with Crippen LogP contribution in [-0.2, 0) is 9.59 Å². The number of fused-ring (bicyclic) bond motifs is 1. The normalized spacial score (nSPS) is 23.5. The first-order valence-corrected chi connectivity index (χ1v) is 8.39. The Labute approximate surface area is 146 Å². The number of benzene rings is 1. The topological polar surface area (TPSA) is 83.9 Å². The summed E-state index contributed by atoms with van der Waals surface area (Å²) < 4.78 is 5.49. The second-order valence-corrected chi connectivity index (χ2v) is 6.49. The number of ether oxygens (including phenoxy) is 1. The van der Waals surface area contributed by atoms with Gasteiger partial charge in [-0.1, -0.05) is 24.3 Å². The summed E-state index contributed by atoms with van der Waals surface area (Å²) in [6, 6.07) is 6.67. The van der Waals surface area contributed by atoms with Crippen molar-refractivity contribution in [2.45, 2.75) is 25.9 Å². The molecule has 0 radical (unpaired) electrons. The standard InChI is InChI=1S/C19H21NO5/c1-12(21)13-5-4-6-15(9-13)25-11-14(22)10-20-18(23)16-7-2-3-8-17(16)19(20)24/h2-6,9,14,16-17,22H,7-8,10-11H2,1H3/t14-,16+,17+/m1/s1. The predicted octanol–water partition coefficient (Wildman–Crippen LogP) is 1.58. The van der Waals surface area contributed by atoms with Gasteiger partial charge in [-0.15, -0.1) is 0 Å². The highest BCUT2D eigenvalue weighted by Gasteiger charge is 2.47. The SMILES string of the molecule is CC(=O)c1cccc(OC[C@H](O)CN2C(=O)[C@H]3CC=CC[C@@H]3C2=O)c1. The molecular formula is C19H21NO5. The number of β-amino-alcohol motifs (C(OH)–C–C–N with tert-alkyl or cyclic N) is 1. The number of carbonyl (C=O) groups is 3. The molecule has 1 aliphatic heterocycles. The lowest BCUT2D eigenvalue weighted by molar-refractivity contribution is -0.141. The molecule has 25 heavy (non-hydrogen) atoms. The molecule has 0 bridgehead atoms. The van der Waals surface area contributed by atoms with Crippen LogP contribution in [0.2, 0.25) is 0 Å². The maximum absolute atomic E-state index is 12.4. The maximum atomic E-state index is 12.4. The van der Waals surface area contributed by atoms with Gasteiger partial charge in [-0.25, -0.2) is 0 Å². The van der Waals surface area contributed by atoms with Gasteiger partial charge < -0.3 is 9.84 Å². The lowest BCUT2D eigenvalue weighted by Crippen LogP contribution is -2.40. The molecule has 2 aliphatic rings. The lowest BCUT2D eigenvalue weighted by atomic mass is 9.85. The zero-order valence-electron chi connectivity index (χ0n) is 14.1. The van der Waals surface area contributed by atoms with E-state index in [0.29, 0.717) is 24.2 Å². The van der Waals surface area contributed by atoms with E-state index in [1.54, 1.807) is 24.3 Å². The number of likely N-dealkylation sites (tertiary alicyclic amines) is 1. The first kappa shape index (κ1) is 17.4. The molecule has 6 heteroatoms. The van der Waals surface area contributed by atoms with Crippen molar-refractivity contribution in [2.75, 3.05) is 13.2 Å². The van der Waals surface area contributed by atoms with E-state index >= 15 is 0 Å². The smallest absolute Gasteiger partial charge is 0.233 e. The molecule has 1 fully saturated rings. The summed E-state index contributed by atoms with van der Waals surface area (Å²) in [7, 11) is 0. The predicted molar refractivity (Wildman–Crippen MR) is 90.0 cm³/mol. The third-order valence-corrected chi connectivity index (χ3v) is 4.68. The van der Waals surface area contributed by atoms with E-state index in [0.717, 1.165) is 4.90 Å². The molecule has 3 rings (SSSR count). The number of nitrogens with zero attached hydrogens (tertiary/aromatic N) is 1. The summed E-state index contributed by atoms with van der Waals surface area (Å²) in [6.07, 6.45) is 4.03. The van der Waals surface area contributed by atoms with Crippen molar-refractivity contribution in [3.05, 3.63) is 42.0 Å². The van der Waals surface area contributed by atoms with E-state index < -0.39 is 6.10 Å². The second-order valence-electron chi connectivity index (χ2n) is 6.49. The van der Waals surface area contributed by atoms with Crippen LogP contribution in [0, 0.1) is 11.8 Å². The summed E-state index contributed by atoms with van der Waals surface area (Å²) >= 11 is 0. The number of Topliss-reactive ketones (excluding diaryl/α,β-unsaturated/α-hetero) is 1. The average molecular weight is 343 g/mol. The molecule has 2 amide bonds. The Bertz CT molecular complexity index is 700. The molecule has 1 N–H and O–H groups in total. The van der Waals surface area contributed by atoms with Gasteiger partial charge in [0.05, 0.1) is 18.4 Å². The molecule has 1 heterocycles. The zero-order chi connectivity index (χ0) is 18.0. The van der Waals surface area contributed by atoms with Crippen LogP contribution in [0.3, 0.4) is 0 Å². The van der Waals surface area contributed by atoms with Gasteiger partial charge in [0, 0.05) is 5.56 Å². The van der Waals surface area contributed by atoms with E-state index in [9.17, 15) is 19.5 Å². The van der Waals surface area contributed by atoms with Crippen LogP contribution in [-0.4, -0.2) is 46.9 Å². The molecule has 0 saturated carbocycles. The van der Waals surface area contributed by atoms with E-state index in [2.05, 4.69) is 0 Å². The minimum absolute atomic E-state index is 0.0635. The Kier molecular flexibility index (Phi) is 4.99. The molecule has 1 aromatic carbocycles. The van der Waals surface area contributed by atoms with Crippen molar-refractivity contribution >= 4 is 17.6 Å². The Balaban J connectivity index is 1.57. The van der Waals surface area contributed by atoms with Gasteiger partial charge in [-0.05, 0) is 31.9 Å². The molecular weight excluding hydrogens is 322 g/mol. The number of rotatable bonds is 6. The molecule has 6 nitrogen and oxygen atoms in total. The van der Waals surface area contributed by atoms with E-state index in [-0.39, 0.29) is 42.6 Å². The number of allylic oxidation sites excluding steroid dienone is 2. The fourth-order valence-corrected chi connectivity index (χ4v) is 3.31. The van der Waals surface area contributed by atoms with Gasteiger partial charge in [0.1, 0.15) is 18.5 Å². The Hall–Kier alpha value is -2.47. The molecule has 1 aliphatic carbocycles. The first-order valence-electron chi connectivity index (χ1n) is 8.39. The zero-order valence-corrected chi connectivity index (χ0v) is 14.1. The number of aliphatic hydroxyl groups is 1. The van der Waals surface area contributed by atoms with E-state index in [1.807, 2.05) is 12.2 Å². The van der Waals surface area contributed by atoms with Gasteiger partial charge in [0.15, 0.2) is 5.78 Å². The van der Waals surface area contributed by atoms with Crippen molar-refractivity contribution in [3.8, 4) is 5.75 Å². The van der Waals surface area contributed by atoms with Gasteiger partial charge in [-0.2, -0.15) is 0 Å². The molecule has 0 spiro atoms. The molecule has 1 aromatic rings. The maximum Gasteiger partial charge on any atom is 0.233 e. The summed E-state index contributed by atoms with van der Waals surface area (Å²) in [4.78, 5) is 37.2. The number of imide groups is 1. The highest BCUT2D eigenvalue weighted by Crippen LogP contribution is 2.35. The van der Waals surface area contributed by atoms with E-state index in [4.69, 9.17) is 4.74 Å². The summed E-state index contributed by atoms with van der Waals surface area (Å²) in [5.74, 6) is -0.621. The van der Waals surface area contributed by atoms with Gasteiger partial charge in [0.25, 0.3) is 0 Å². The highest BCUT2D eigenvalue weighted by molar-refractivity contribution is 6.05. The van der Waals surface area contributed by atoms with Crippen molar-refractivity contribution < 1.29 is 24.2 Å². The quantitative estimate of drug-likeness (QED) is 0.482. The summed E-state index contributed by atoms with van der Waals surface area (Å²) in [6.45, 7) is 1.33. The Morgan fingerprint density at radius 2 is 1.88 bits per heavy atom. The number of hydrogen-bond donors (Lipinski definition) is 1. The monoisotopic (exact) mass is 343 g/mol. The minimum Gasteiger partial charge on any atom is -0.491 e. The van der Waals surface area contributed by atoms with Crippen molar-refractivity contribution in [3.63, 3.8) is 0 Å². The molecule has 0 aromatic heterocycles. The summed E-state index contributed by atoms with van der Waals surface area (Å²) in [5, 5.41) is 10.2. The average Bonchev–Trinajstić information content (AvgIpc) is 2.85. The van der Waals surface area contributed by atoms with Crippen LogP contribution in [0.1, 0.15) is 30.1 Å².